The second kappa shape index (κ2) is 6.87. The number of nitrogens with zero attached hydrogens (tertiary/aromatic N) is 2. The number of fused-ring (bicyclic) bond motifs is 1. The number of benzene rings is 1. The van der Waals surface area contributed by atoms with Crippen LogP contribution in [-0.2, 0) is 17.8 Å². The van der Waals surface area contributed by atoms with Gasteiger partial charge in [0.05, 0.1) is 23.6 Å². The first-order chi connectivity index (χ1) is 11.2. The van der Waals surface area contributed by atoms with Gasteiger partial charge in [-0.05, 0) is 30.5 Å². The SMILES string of the molecule is O=C(CCCc1cn[nH]c1)NCc1nc2ccccc2c(=O)[nH]1. The fourth-order valence-corrected chi connectivity index (χ4v) is 2.36. The molecule has 0 saturated heterocycles. The first-order valence-corrected chi connectivity index (χ1v) is 7.44. The summed E-state index contributed by atoms with van der Waals surface area (Å²) >= 11 is 0. The standard InChI is InChI=1S/C16H17N5O2/c22-15(7-3-4-11-8-18-19-9-11)17-10-14-20-13-6-2-1-5-12(13)16(23)21-14/h1-2,5-6,8-9H,3-4,7,10H2,(H,17,22)(H,18,19)(H,20,21,23). The highest BCUT2D eigenvalue weighted by Crippen LogP contribution is 2.06. The van der Waals surface area contributed by atoms with E-state index in [2.05, 4.69) is 25.5 Å². The average molecular weight is 311 g/mol. The van der Waals surface area contributed by atoms with Gasteiger partial charge in [-0.15, -0.1) is 0 Å². The Kier molecular flexibility index (Phi) is 4.46. The maximum Gasteiger partial charge on any atom is 0.258 e. The molecule has 0 spiro atoms. The minimum absolute atomic E-state index is 0.0655. The van der Waals surface area contributed by atoms with Gasteiger partial charge in [0.25, 0.3) is 5.56 Å². The maximum absolute atomic E-state index is 11.9. The molecule has 2 heterocycles. The number of hydrogen-bond donors (Lipinski definition) is 3. The number of para-hydroxylation sites is 1. The normalized spacial score (nSPS) is 10.8. The van der Waals surface area contributed by atoms with Crippen molar-refractivity contribution in [2.45, 2.75) is 25.8 Å². The highest BCUT2D eigenvalue weighted by molar-refractivity contribution is 5.77. The molecule has 2 aromatic heterocycles. The quantitative estimate of drug-likeness (QED) is 0.638. The van der Waals surface area contributed by atoms with E-state index in [1.165, 1.54) is 0 Å². The minimum atomic E-state index is -0.195. The summed E-state index contributed by atoms with van der Waals surface area (Å²) in [7, 11) is 0. The zero-order valence-corrected chi connectivity index (χ0v) is 12.5. The third-order valence-corrected chi connectivity index (χ3v) is 3.54. The van der Waals surface area contributed by atoms with E-state index >= 15 is 0 Å². The van der Waals surface area contributed by atoms with Crippen molar-refractivity contribution >= 4 is 16.8 Å². The van der Waals surface area contributed by atoms with E-state index in [1.807, 2.05) is 12.3 Å². The van der Waals surface area contributed by atoms with E-state index in [9.17, 15) is 9.59 Å². The highest BCUT2D eigenvalue weighted by atomic mass is 16.1. The van der Waals surface area contributed by atoms with Crippen LogP contribution in [0.4, 0.5) is 0 Å². The molecule has 118 valence electrons. The van der Waals surface area contributed by atoms with Crippen molar-refractivity contribution in [3.05, 3.63) is 58.4 Å². The Morgan fingerprint density at radius 1 is 1.26 bits per heavy atom. The van der Waals surface area contributed by atoms with E-state index in [1.54, 1.807) is 24.4 Å². The lowest BCUT2D eigenvalue weighted by Gasteiger charge is -2.05. The van der Waals surface area contributed by atoms with E-state index in [0.717, 1.165) is 18.4 Å². The minimum Gasteiger partial charge on any atom is -0.349 e. The number of aromatic nitrogens is 4. The molecular formula is C16H17N5O2. The van der Waals surface area contributed by atoms with E-state index < -0.39 is 0 Å². The van der Waals surface area contributed by atoms with Crippen molar-refractivity contribution in [1.29, 1.82) is 0 Å². The smallest absolute Gasteiger partial charge is 0.258 e. The molecule has 1 aromatic carbocycles. The summed E-state index contributed by atoms with van der Waals surface area (Å²) in [5, 5.41) is 9.92. The Morgan fingerprint density at radius 3 is 2.96 bits per heavy atom. The first kappa shape index (κ1) is 15.0. The van der Waals surface area contributed by atoms with Gasteiger partial charge in [-0.1, -0.05) is 12.1 Å². The molecular weight excluding hydrogens is 294 g/mol. The van der Waals surface area contributed by atoms with Crippen LogP contribution in [0.2, 0.25) is 0 Å². The number of carbonyl (C=O) groups is 1. The van der Waals surface area contributed by atoms with E-state index in [0.29, 0.717) is 23.1 Å². The van der Waals surface area contributed by atoms with Gasteiger partial charge >= 0.3 is 0 Å². The topological polar surface area (TPSA) is 104 Å². The van der Waals surface area contributed by atoms with Crippen LogP contribution in [0.3, 0.4) is 0 Å². The van der Waals surface area contributed by atoms with Crippen LogP contribution in [0.1, 0.15) is 24.2 Å². The molecule has 0 aliphatic heterocycles. The number of amides is 1. The molecule has 0 fully saturated rings. The third kappa shape index (κ3) is 3.82. The number of aryl methyl sites for hydroxylation is 1. The molecule has 7 nitrogen and oxygen atoms in total. The molecule has 3 N–H and O–H groups in total. The lowest BCUT2D eigenvalue weighted by atomic mass is 10.1. The van der Waals surface area contributed by atoms with Crippen LogP contribution < -0.4 is 10.9 Å². The maximum atomic E-state index is 11.9. The van der Waals surface area contributed by atoms with Crippen LogP contribution in [0.15, 0.2) is 41.5 Å². The van der Waals surface area contributed by atoms with Crippen LogP contribution in [-0.4, -0.2) is 26.1 Å². The Bertz CT molecular complexity index is 854. The summed E-state index contributed by atoms with van der Waals surface area (Å²) < 4.78 is 0. The Hall–Kier alpha value is -2.96. The van der Waals surface area contributed by atoms with Gasteiger partial charge in [-0.2, -0.15) is 5.10 Å². The van der Waals surface area contributed by atoms with Crippen molar-refractivity contribution in [3.8, 4) is 0 Å². The number of nitrogens with one attached hydrogen (secondary N) is 3. The first-order valence-electron chi connectivity index (χ1n) is 7.44. The molecule has 1 amide bonds. The van der Waals surface area contributed by atoms with Gasteiger partial charge in [0.15, 0.2) is 0 Å². The fraction of sp³-hybridized carbons (Fsp3) is 0.250. The van der Waals surface area contributed by atoms with Crippen molar-refractivity contribution in [3.63, 3.8) is 0 Å². The van der Waals surface area contributed by atoms with Gasteiger partial charge in [-0.25, -0.2) is 4.98 Å². The monoisotopic (exact) mass is 311 g/mol. The van der Waals surface area contributed by atoms with Gasteiger partial charge in [-0.3, -0.25) is 14.7 Å². The largest absolute Gasteiger partial charge is 0.349 e. The molecule has 3 rings (SSSR count). The zero-order valence-electron chi connectivity index (χ0n) is 12.5. The van der Waals surface area contributed by atoms with E-state index in [4.69, 9.17) is 0 Å². The molecule has 23 heavy (non-hydrogen) atoms. The molecule has 0 radical (unpaired) electrons. The number of aromatic amines is 2. The Balaban J connectivity index is 1.53. The van der Waals surface area contributed by atoms with Gasteiger partial charge < -0.3 is 10.3 Å². The summed E-state index contributed by atoms with van der Waals surface area (Å²) in [6, 6.07) is 7.12. The van der Waals surface area contributed by atoms with Crippen molar-refractivity contribution in [2.75, 3.05) is 0 Å². The molecule has 7 heteroatoms. The molecule has 3 aromatic rings. The molecule has 0 atom stereocenters. The Morgan fingerprint density at radius 2 is 2.13 bits per heavy atom. The zero-order chi connectivity index (χ0) is 16.1. The van der Waals surface area contributed by atoms with Crippen molar-refractivity contribution in [2.24, 2.45) is 0 Å². The second-order valence-corrected chi connectivity index (χ2v) is 5.27. The number of carbonyl (C=O) groups excluding carboxylic acids is 1. The summed E-state index contributed by atoms with van der Waals surface area (Å²) in [6.45, 7) is 0.213. The molecule has 0 unspecified atom stereocenters. The van der Waals surface area contributed by atoms with Gasteiger partial charge in [0.2, 0.25) is 5.91 Å². The Labute approximate surface area is 132 Å². The molecule has 0 aliphatic rings. The second-order valence-electron chi connectivity index (χ2n) is 5.27. The number of rotatable bonds is 6. The summed E-state index contributed by atoms with van der Waals surface area (Å²) in [5.41, 5.74) is 1.51. The summed E-state index contributed by atoms with van der Waals surface area (Å²) in [5.74, 6) is 0.390. The molecule has 0 bridgehead atoms. The molecule has 0 aliphatic carbocycles. The number of H-pyrrole nitrogens is 2. The van der Waals surface area contributed by atoms with Gasteiger partial charge in [0, 0.05) is 12.6 Å². The lowest BCUT2D eigenvalue weighted by Crippen LogP contribution is -2.25. The third-order valence-electron chi connectivity index (χ3n) is 3.54. The van der Waals surface area contributed by atoms with Crippen LogP contribution in [0.25, 0.3) is 10.9 Å². The average Bonchev–Trinajstić information content (AvgIpc) is 3.06. The number of hydrogen-bond acceptors (Lipinski definition) is 4. The van der Waals surface area contributed by atoms with Crippen molar-refractivity contribution in [1.82, 2.24) is 25.5 Å². The van der Waals surface area contributed by atoms with Crippen LogP contribution in [0.5, 0.6) is 0 Å². The molecule has 0 saturated carbocycles. The predicted molar refractivity (Wildman–Crippen MR) is 85.7 cm³/mol. The highest BCUT2D eigenvalue weighted by Gasteiger charge is 2.06. The van der Waals surface area contributed by atoms with Crippen LogP contribution in [0, 0.1) is 0 Å². The summed E-state index contributed by atoms with van der Waals surface area (Å²) in [4.78, 5) is 30.8. The van der Waals surface area contributed by atoms with Crippen LogP contribution >= 0.6 is 0 Å². The predicted octanol–water partition coefficient (Wildman–Crippen LogP) is 1.29. The van der Waals surface area contributed by atoms with E-state index in [-0.39, 0.29) is 18.0 Å². The lowest BCUT2D eigenvalue weighted by molar-refractivity contribution is -0.121. The van der Waals surface area contributed by atoms with Gasteiger partial charge in [0.1, 0.15) is 5.82 Å². The summed E-state index contributed by atoms with van der Waals surface area (Å²) in [6.07, 6.45) is 5.54. The van der Waals surface area contributed by atoms with Crippen molar-refractivity contribution < 1.29 is 4.79 Å². The fourth-order valence-electron chi connectivity index (χ4n) is 2.36.